The van der Waals surface area contributed by atoms with Crippen molar-refractivity contribution in [3.8, 4) is 0 Å². The van der Waals surface area contributed by atoms with Crippen molar-refractivity contribution in [2.75, 3.05) is 24.8 Å². The molecule has 0 aliphatic carbocycles. The van der Waals surface area contributed by atoms with Gasteiger partial charge in [0.1, 0.15) is 11.6 Å². The average molecular weight is 354 g/mol. The summed E-state index contributed by atoms with van der Waals surface area (Å²) in [6.07, 6.45) is 1.82. The number of carbonyl (C=O) groups excluding carboxylic acids is 1. The highest BCUT2D eigenvalue weighted by atomic mass is 32.2. The molecule has 5 nitrogen and oxygen atoms in total. The molecule has 128 valence electrons. The van der Waals surface area contributed by atoms with Crippen molar-refractivity contribution in [3.63, 3.8) is 0 Å². The zero-order valence-corrected chi connectivity index (χ0v) is 13.6. The van der Waals surface area contributed by atoms with Gasteiger partial charge in [-0.25, -0.2) is 14.3 Å². The number of halogens is 2. The summed E-state index contributed by atoms with van der Waals surface area (Å²) in [6, 6.07) is 8.01. The third-order valence-corrected chi connectivity index (χ3v) is 3.76. The second-order valence-corrected chi connectivity index (χ2v) is 5.54. The van der Waals surface area contributed by atoms with E-state index in [2.05, 4.69) is 10.8 Å². The van der Waals surface area contributed by atoms with Crippen molar-refractivity contribution < 1.29 is 23.5 Å². The first-order valence-corrected chi connectivity index (χ1v) is 8.20. The highest BCUT2D eigenvalue weighted by Gasteiger charge is 2.14. The predicted octanol–water partition coefficient (Wildman–Crippen LogP) is 3.08. The molecule has 0 atom stereocenters. The van der Waals surface area contributed by atoms with Gasteiger partial charge in [0.15, 0.2) is 0 Å². The Morgan fingerprint density at radius 1 is 1.21 bits per heavy atom. The van der Waals surface area contributed by atoms with Crippen molar-refractivity contribution in [3.05, 3.63) is 53.6 Å². The molecule has 8 heteroatoms. The molecule has 0 aromatic heterocycles. The lowest BCUT2D eigenvalue weighted by Crippen LogP contribution is -2.26. The Hall–Kier alpha value is -2.16. The van der Waals surface area contributed by atoms with E-state index in [1.807, 2.05) is 6.26 Å². The summed E-state index contributed by atoms with van der Waals surface area (Å²) in [5, 5.41) is 11.3. The zero-order chi connectivity index (χ0) is 17.5. The number of hydroxylamine groups is 1. The SMILES string of the molecule is CSc1ccc(Nc2cc(F)ccc2C(=O)NOCCO)c(F)c1. The Bertz CT molecular complexity index is 728. The van der Waals surface area contributed by atoms with Crippen molar-refractivity contribution in [2.24, 2.45) is 0 Å². The minimum Gasteiger partial charge on any atom is -0.394 e. The molecule has 2 aromatic rings. The number of amides is 1. The van der Waals surface area contributed by atoms with Crippen molar-refractivity contribution in [2.45, 2.75) is 4.90 Å². The smallest absolute Gasteiger partial charge is 0.276 e. The van der Waals surface area contributed by atoms with Crippen LogP contribution in [0.15, 0.2) is 41.3 Å². The van der Waals surface area contributed by atoms with Gasteiger partial charge in [0.2, 0.25) is 0 Å². The molecule has 0 fully saturated rings. The molecule has 0 saturated carbocycles. The molecule has 0 radical (unpaired) electrons. The minimum absolute atomic E-state index is 0.0719. The van der Waals surface area contributed by atoms with Gasteiger partial charge in [0, 0.05) is 4.90 Å². The van der Waals surface area contributed by atoms with Crippen LogP contribution in [0.2, 0.25) is 0 Å². The number of aliphatic hydroxyl groups is 1. The number of hydrogen-bond acceptors (Lipinski definition) is 5. The molecule has 0 aliphatic heterocycles. The topological polar surface area (TPSA) is 70.6 Å². The van der Waals surface area contributed by atoms with Gasteiger partial charge in [-0.15, -0.1) is 11.8 Å². The molecule has 3 N–H and O–H groups in total. The van der Waals surface area contributed by atoms with Crippen LogP contribution in [0.4, 0.5) is 20.2 Å². The Kier molecular flexibility index (Phi) is 6.53. The maximum atomic E-state index is 14.1. The van der Waals surface area contributed by atoms with Gasteiger partial charge in [-0.3, -0.25) is 9.63 Å². The normalized spacial score (nSPS) is 10.5. The summed E-state index contributed by atoms with van der Waals surface area (Å²) in [4.78, 5) is 17.5. The molecule has 0 heterocycles. The Balaban J connectivity index is 2.25. The second kappa shape index (κ2) is 8.62. The number of benzene rings is 2. The fraction of sp³-hybridized carbons (Fsp3) is 0.188. The summed E-state index contributed by atoms with van der Waals surface area (Å²) >= 11 is 1.39. The fourth-order valence-corrected chi connectivity index (χ4v) is 2.33. The predicted molar refractivity (Wildman–Crippen MR) is 88.4 cm³/mol. The maximum absolute atomic E-state index is 14.1. The number of nitrogens with one attached hydrogen (secondary N) is 2. The summed E-state index contributed by atoms with van der Waals surface area (Å²) in [5.41, 5.74) is 2.40. The molecule has 24 heavy (non-hydrogen) atoms. The lowest BCUT2D eigenvalue weighted by molar-refractivity contribution is 0.0169. The zero-order valence-electron chi connectivity index (χ0n) is 12.8. The van der Waals surface area contributed by atoms with E-state index in [-0.39, 0.29) is 30.2 Å². The van der Waals surface area contributed by atoms with E-state index < -0.39 is 17.5 Å². The molecule has 0 spiro atoms. The van der Waals surface area contributed by atoms with E-state index in [4.69, 9.17) is 9.94 Å². The summed E-state index contributed by atoms with van der Waals surface area (Å²) in [7, 11) is 0. The lowest BCUT2D eigenvalue weighted by atomic mass is 10.1. The van der Waals surface area contributed by atoms with E-state index >= 15 is 0 Å². The number of thioether (sulfide) groups is 1. The number of anilines is 2. The summed E-state index contributed by atoms with van der Waals surface area (Å²) in [6.45, 7) is -0.345. The number of carbonyl (C=O) groups is 1. The van der Waals surface area contributed by atoms with Crippen LogP contribution in [0.25, 0.3) is 0 Å². The molecular formula is C16H16F2N2O3S. The molecule has 0 aliphatic rings. The van der Waals surface area contributed by atoms with Gasteiger partial charge in [0.25, 0.3) is 5.91 Å². The number of rotatable bonds is 7. The van der Waals surface area contributed by atoms with Gasteiger partial charge in [0.05, 0.1) is 30.2 Å². The lowest BCUT2D eigenvalue weighted by Gasteiger charge is -2.13. The first kappa shape index (κ1) is 18.2. The molecule has 0 unspecified atom stereocenters. The van der Waals surface area contributed by atoms with Crippen LogP contribution < -0.4 is 10.8 Å². The van der Waals surface area contributed by atoms with Crippen LogP contribution in [0.1, 0.15) is 10.4 Å². The van der Waals surface area contributed by atoms with Crippen molar-refractivity contribution in [1.29, 1.82) is 0 Å². The highest BCUT2D eigenvalue weighted by molar-refractivity contribution is 7.98. The van der Waals surface area contributed by atoms with Gasteiger partial charge in [-0.1, -0.05) is 0 Å². The van der Waals surface area contributed by atoms with E-state index in [9.17, 15) is 13.6 Å². The standard InChI is InChI=1S/C16H16F2N2O3S/c1-24-11-3-5-14(13(18)9-11)19-15-8-10(17)2-4-12(15)16(22)20-23-7-6-21/h2-5,8-9,19,21H,6-7H2,1H3,(H,20,22). The third-order valence-electron chi connectivity index (χ3n) is 3.03. The fourth-order valence-electron chi connectivity index (χ4n) is 1.90. The number of hydrogen-bond donors (Lipinski definition) is 3. The van der Waals surface area contributed by atoms with E-state index in [1.165, 1.54) is 30.0 Å². The van der Waals surface area contributed by atoms with Gasteiger partial charge >= 0.3 is 0 Å². The first-order valence-electron chi connectivity index (χ1n) is 6.98. The van der Waals surface area contributed by atoms with Crippen molar-refractivity contribution >= 4 is 29.0 Å². The van der Waals surface area contributed by atoms with Crippen LogP contribution >= 0.6 is 11.8 Å². The monoisotopic (exact) mass is 354 g/mol. The first-order chi connectivity index (χ1) is 11.5. The van der Waals surface area contributed by atoms with E-state index in [1.54, 1.807) is 6.07 Å². The van der Waals surface area contributed by atoms with Gasteiger partial charge in [-0.05, 0) is 42.7 Å². The largest absolute Gasteiger partial charge is 0.394 e. The Morgan fingerprint density at radius 2 is 2.00 bits per heavy atom. The summed E-state index contributed by atoms with van der Waals surface area (Å²) in [5.74, 6) is -1.74. The van der Waals surface area contributed by atoms with Gasteiger partial charge < -0.3 is 10.4 Å². The molecule has 0 bridgehead atoms. The third kappa shape index (κ3) is 4.67. The molecule has 2 aromatic carbocycles. The van der Waals surface area contributed by atoms with Crippen LogP contribution in [-0.2, 0) is 4.84 Å². The summed E-state index contributed by atoms with van der Waals surface area (Å²) < 4.78 is 27.6. The quantitative estimate of drug-likeness (QED) is 0.405. The van der Waals surface area contributed by atoms with Crippen LogP contribution in [0, 0.1) is 11.6 Å². The molecule has 0 saturated heterocycles. The van der Waals surface area contributed by atoms with Crippen LogP contribution in [-0.4, -0.2) is 30.5 Å². The number of aliphatic hydroxyl groups excluding tert-OH is 1. The van der Waals surface area contributed by atoms with Crippen LogP contribution in [0.5, 0.6) is 0 Å². The molecular weight excluding hydrogens is 338 g/mol. The average Bonchev–Trinajstić information content (AvgIpc) is 2.57. The second-order valence-electron chi connectivity index (χ2n) is 4.66. The Morgan fingerprint density at radius 3 is 2.67 bits per heavy atom. The minimum atomic E-state index is -0.646. The van der Waals surface area contributed by atoms with E-state index in [0.29, 0.717) is 0 Å². The Labute approximate surface area is 142 Å². The van der Waals surface area contributed by atoms with Crippen LogP contribution in [0.3, 0.4) is 0 Å². The molecule has 2 rings (SSSR count). The van der Waals surface area contributed by atoms with Crippen molar-refractivity contribution in [1.82, 2.24) is 5.48 Å². The maximum Gasteiger partial charge on any atom is 0.276 e. The van der Waals surface area contributed by atoms with E-state index in [0.717, 1.165) is 17.0 Å². The highest BCUT2D eigenvalue weighted by Crippen LogP contribution is 2.27. The van der Waals surface area contributed by atoms with Gasteiger partial charge in [-0.2, -0.15) is 0 Å². The molecule has 1 amide bonds.